The number of ether oxygens (including phenoxy) is 2. The summed E-state index contributed by atoms with van der Waals surface area (Å²) in [6, 6.07) is 20.5. The summed E-state index contributed by atoms with van der Waals surface area (Å²) >= 11 is 0. The molecule has 3 aromatic rings. The molecule has 0 aliphatic carbocycles. The van der Waals surface area contributed by atoms with Gasteiger partial charge >= 0.3 is 5.97 Å². The van der Waals surface area contributed by atoms with E-state index in [0.29, 0.717) is 5.75 Å². The minimum absolute atomic E-state index is 0.165. The van der Waals surface area contributed by atoms with Crippen LogP contribution >= 0.6 is 0 Å². The first kappa shape index (κ1) is 26.4. The molecular weight excluding hydrogens is 492 g/mol. The van der Waals surface area contributed by atoms with E-state index in [0.717, 1.165) is 11.1 Å². The number of hydrogen-bond donors (Lipinski definition) is 1. The van der Waals surface area contributed by atoms with E-state index < -0.39 is 42.8 Å². The fraction of sp³-hybridized carbons (Fsp3) is 0.240. The molecule has 0 heterocycles. The normalized spacial score (nSPS) is 13.6. The fourth-order valence-corrected chi connectivity index (χ4v) is 6.75. The standard InChI is InChI=1S/C25H26O8S2/c1-3-33-24(26)25(27,18-35(30,31)23-15-11-21(32-2)12-16-23)17-34(28,29)22-13-9-20(10-14-22)19-7-5-4-6-8-19/h4-16,27H,3,17-18H2,1-2H3. The van der Waals surface area contributed by atoms with Crippen LogP contribution in [0.15, 0.2) is 88.7 Å². The molecule has 1 unspecified atom stereocenters. The Hall–Kier alpha value is -3.21. The predicted octanol–water partition coefficient (Wildman–Crippen LogP) is 2.90. The number of esters is 1. The Labute approximate surface area is 205 Å². The summed E-state index contributed by atoms with van der Waals surface area (Å²) in [6.07, 6.45) is 0. The second kappa shape index (κ2) is 10.6. The van der Waals surface area contributed by atoms with Gasteiger partial charge in [-0.3, -0.25) is 0 Å². The van der Waals surface area contributed by atoms with E-state index in [1.54, 1.807) is 12.1 Å². The van der Waals surface area contributed by atoms with Crippen LogP contribution in [0.4, 0.5) is 0 Å². The van der Waals surface area contributed by atoms with Gasteiger partial charge in [-0.15, -0.1) is 0 Å². The van der Waals surface area contributed by atoms with Gasteiger partial charge < -0.3 is 14.6 Å². The van der Waals surface area contributed by atoms with Crippen LogP contribution in [-0.4, -0.2) is 58.7 Å². The number of carbonyl (C=O) groups excluding carboxylic acids is 1. The van der Waals surface area contributed by atoms with Crippen LogP contribution in [0.2, 0.25) is 0 Å². The zero-order chi connectivity index (χ0) is 25.7. The molecule has 186 valence electrons. The quantitative estimate of drug-likeness (QED) is 0.406. The highest BCUT2D eigenvalue weighted by Gasteiger charge is 2.46. The second-order valence-electron chi connectivity index (χ2n) is 7.84. The first-order valence-electron chi connectivity index (χ1n) is 10.7. The monoisotopic (exact) mass is 518 g/mol. The van der Waals surface area contributed by atoms with E-state index in [4.69, 9.17) is 9.47 Å². The summed E-state index contributed by atoms with van der Waals surface area (Å²) in [4.78, 5) is 12.2. The Bertz CT molecular complexity index is 1370. The molecule has 1 atom stereocenters. The lowest BCUT2D eigenvalue weighted by atomic mass is 10.1. The zero-order valence-electron chi connectivity index (χ0n) is 19.2. The summed E-state index contributed by atoms with van der Waals surface area (Å²) in [5.41, 5.74) is -1.18. The Balaban J connectivity index is 1.92. The highest BCUT2D eigenvalue weighted by molar-refractivity contribution is 7.92. The first-order valence-corrected chi connectivity index (χ1v) is 14.0. The smallest absolute Gasteiger partial charge is 0.340 e. The van der Waals surface area contributed by atoms with Crippen LogP contribution in [0.1, 0.15) is 6.92 Å². The Morgan fingerprint density at radius 3 is 1.69 bits per heavy atom. The Morgan fingerprint density at radius 1 is 0.771 bits per heavy atom. The van der Waals surface area contributed by atoms with Gasteiger partial charge in [0.2, 0.25) is 0 Å². The topological polar surface area (TPSA) is 124 Å². The van der Waals surface area contributed by atoms with E-state index in [9.17, 15) is 26.7 Å². The van der Waals surface area contributed by atoms with Gasteiger partial charge in [-0.25, -0.2) is 21.6 Å². The van der Waals surface area contributed by atoms with Crippen molar-refractivity contribution in [2.75, 3.05) is 25.2 Å². The van der Waals surface area contributed by atoms with Crippen molar-refractivity contribution in [2.24, 2.45) is 0 Å². The van der Waals surface area contributed by atoms with Crippen molar-refractivity contribution >= 4 is 25.6 Å². The van der Waals surface area contributed by atoms with Crippen LogP contribution in [-0.2, 0) is 29.2 Å². The number of methoxy groups -OCH3 is 1. The number of sulfone groups is 2. The maximum atomic E-state index is 13.1. The van der Waals surface area contributed by atoms with Crippen LogP contribution < -0.4 is 4.74 Å². The number of rotatable bonds is 10. The molecule has 35 heavy (non-hydrogen) atoms. The highest BCUT2D eigenvalue weighted by atomic mass is 32.2. The molecule has 0 fully saturated rings. The maximum absolute atomic E-state index is 13.1. The molecule has 3 aromatic carbocycles. The minimum Gasteiger partial charge on any atom is -0.497 e. The zero-order valence-corrected chi connectivity index (χ0v) is 20.9. The van der Waals surface area contributed by atoms with Crippen molar-refractivity contribution in [1.82, 2.24) is 0 Å². The summed E-state index contributed by atoms with van der Waals surface area (Å²) < 4.78 is 62.1. The molecular formula is C25H26O8S2. The predicted molar refractivity (Wildman–Crippen MR) is 131 cm³/mol. The summed E-state index contributed by atoms with van der Waals surface area (Å²) in [5, 5.41) is 11.1. The molecule has 0 spiro atoms. The number of hydrogen-bond acceptors (Lipinski definition) is 8. The number of aliphatic hydroxyl groups is 1. The van der Waals surface area contributed by atoms with Crippen LogP contribution in [0, 0.1) is 0 Å². The summed E-state index contributed by atoms with van der Waals surface area (Å²) in [5.74, 6) is -3.27. The fourth-order valence-electron chi connectivity index (χ4n) is 3.49. The summed E-state index contributed by atoms with van der Waals surface area (Å²) in [7, 11) is -7.14. The molecule has 3 rings (SSSR count). The lowest BCUT2D eigenvalue weighted by molar-refractivity contribution is -0.160. The first-order chi connectivity index (χ1) is 16.5. The largest absolute Gasteiger partial charge is 0.497 e. The molecule has 1 N–H and O–H groups in total. The third kappa shape index (κ3) is 6.27. The Kier molecular flexibility index (Phi) is 7.99. The molecule has 0 amide bonds. The van der Waals surface area contributed by atoms with Gasteiger partial charge in [-0.2, -0.15) is 0 Å². The van der Waals surface area contributed by atoms with Crippen molar-refractivity contribution < 1.29 is 36.2 Å². The lowest BCUT2D eigenvalue weighted by Gasteiger charge is -2.25. The van der Waals surface area contributed by atoms with Crippen molar-refractivity contribution in [3.8, 4) is 16.9 Å². The van der Waals surface area contributed by atoms with Crippen LogP contribution in [0.25, 0.3) is 11.1 Å². The van der Waals surface area contributed by atoms with E-state index in [1.807, 2.05) is 30.3 Å². The van der Waals surface area contributed by atoms with Gasteiger partial charge in [0.15, 0.2) is 25.3 Å². The molecule has 0 radical (unpaired) electrons. The van der Waals surface area contributed by atoms with Crippen molar-refractivity contribution in [3.63, 3.8) is 0 Å². The second-order valence-corrected chi connectivity index (χ2v) is 11.8. The number of benzene rings is 3. The summed E-state index contributed by atoms with van der Waals surface area (Å²) in [6.45, 7) is 1.29. The average Bonchev–Trinajstić information content (AvgIpc) is 2.84. The van der Waals surface area contributed by atoms with Crippen LogP contribution in [0.5, 0.6) is 5.75 Å². The number of carbonyl (C=O) groups is 1. The molecule has 0 saturated heterocycles. The van der Waals surface area contributed by atoms with Crippen LogP contribution in [0.3, 0.4) is 0 Å². The lowest BCUT2D eigenvalue weighted by Crippen LogP contribution is -2.51. The van der Waals surface area contributed by atoms with Gasteiger partial charge in [0.1, 0.15) is 5.75 Å². The molecule has 0 aromatic heterocycles. The van der Waals surface area contributed by atoms with E-state index in [2.05, 4.69) is 0 Å². The SMILES string of the molecule is CCOC(=O)C(O)(CS(=O)(=O)c1ccc(OC)cc1)CS(=O)(=O)c1ccc(-c2ccccc2)cc1. The van der Waals surface area contributed by atoms with Crippen molar-refractivity contribution in [1.29, 1.82) is 0 Å². The van der Waals surface area contributed by atoms with Gasteiger partial charge in [-0.1, -0.05) is 42.5 Å². The average molecular weight is 519 g/mol. The van der Waals surface area contributed by atoms with Gasteiger partial charge in [0, 0.05) is 0 Å². The maximum Gasteiger partial charge on any atom is 0.340 e. The third-order valence-corrected chi connectivity index (χ3v) is 8.95. The van der Waals surface area contributed by atoms with Gasteiger partial charge in [-0.05, 0) is 54.4 Å². The van der Waals surface area contributed by atoms with Crippen molar-refractivity contribution in [2.45, 2.75) is 22.3 Å². The third-order valence-electron chi connectivity index (χ3n) is 5.25. The Morgan fingerprint density at radius 2 is 1.23 bits per heavy atom. The van der Waals surface area contributed by atoms with Crippen molar-refractivity contribution in [3.05, 3.63) is 78.9 Å². The molecule has 10 heteroatoms. The molecule has 0 aliphatic heterocycles. The van der Waals surface area contributed by atoms with E-state index >= 15 is 0 Å². The molecule has 0 saturated carbocycles. The molecule has 8 nitrogen and oxygen atoms in total. The van der Waals surface area contributed by atoms with Gasteiger partial charge in [0.05, 0.1) is 35.0 Å². The van der Waals surface area contributed by atoms with Gasteiger partial charge in [0.25, 0.3) is 0 Å². The molecule has 0 bridgehead atoms. The minimum atomic E-state index is -4.28. The molecule has 0 aliphatic rings. The van der Waals surface area contributed by atoms with E-state index in [-0.39, 0.29) is 16.4 Å². The highest BCUT2D eigenvalue weighted by Crippen LogP contribution is 2.26. The van der Waals surface area contributed by atoms with E-state index in [1.165, 1.54) is 50.4 Å².